The normalized spacial score (nSPS) is 28.9. The third kappa shape index (κ3) is 0.990. The Morgan fingerprint density at radius 3 is 3.08 bits per heavy atom. The Balaban J connectivity index is 2.16. The summed E-state index contributed by atoms with van der Waals surface area (Å²) in [5.74, 6) is 1.14. The average molecular weight is 198 g/mol. The molecule has 2 heterocycles. The van der Waals surface area contributed by atoms with Crippen LogP contribution in [-0.2, 0) is 5.41 Å². The van der Waals surface area contributed by atoms with Gasteiger partial charge in [-0.3, -0.25) is 0 Å². The molecule has 0 saturated heterocycles. The molecule has 3 heteroatoms. The molecule has 1 fully saturated rings. The standard InChI is InChI=1S/C10H12ClNO/c1-6-7-4-8(11)13-9(7)10(2-3-10)5-12-6/h4,6,12H,2-3,5H2,1H3. The van der Waals surface area contributed by atoms with Crippen LogP contribution in [0.25, 0.3) is 0 Å². The SMILES string of the molecule is CC1NCC2(CC2)c2oc(Cl)cc21. The molecule has 1 aromatic rings. The fourth-order valence-electron chi connectivity index (χ4n) is 2.20. The molecule has 0 amide bonds. The van der Waals surface area contributed by atoms with Crippen LogP contribution in [0.15, 0.2) is 10.5 Å². The van der Waals surface area contributed by atoms with Gasteiger partial charge in [-0.15, -0.1) is 0 Å². The van der Waals surface area contributed by atoms with Crippen LogP contribution >= 0.6 is 11.6 Å². The molecule has 2 nitrogen and oxygen atoms in total. The Morgan fingerprint density at radius 2 is 2.38 bits per heavy atom. The van der Waals surface area contributed by atoms with Crippen LogP contribution in [0.1, 0.15) is 37.1 Å². The zero-order valence-electron chi connectivity index (χ0n) is 7.56. The van der Waals surface area contributed by atoms with Gasteiger partial charge in [-0.1, -0.05) is 0 Å². The van der Waals surface area contributed by atoms with Crippen molar-refractivity contribution in [3.05, 3.63) is 22.6 Å². The minimum absolute atomic E-state index is 0.301. The molecule has 2 aliphatic rings. The van der Waals surface area contributed by atoms with E-state index in [1.165, 1.54) is 18.4 Å². The number of hydrogen-bond acceptors (Lipinski definition) is 2. The zero-order chi connectivity index (χ0) is 9.05. The minimum atomic E-state index is 0.301. The molecule has 0 bridgehead atoms. The van der Waals surface area contributed by atoms with Gasteiger partial charge in [0.15, 0.2) is 5.22 Å². The summed E-state index contributed by atoms with van der Waals surface area (Å²) in [5, 5.41) is 4.02. The Hall–Kier alpha value is -0.470. The quantitative estimate of drug-likeness (QED) is 0.692. The van der Waals surface area contributed by atoms with Crippen LogP contribution in [0.2, 0.25) is 5.22 Å². The topological polar surface area (TPSA) is 25.2 Å². The molecule has 0 aromatic carbocycles. The predicted molar refractivity (Wildman–Crippen MR) is 51.0 cm³/mol. The van der Waals surface area contributed by atoms with E-state index in [0.29, 0.717) is 16.7 Å². The maximum absolute atomic E-state index is 5.88. The van der Waals surface area contributed by atoms with Gasteiger partial charge in [-0.05, 0) is 31.4 Å². The second kappa shape index (κ2) is 2.31. The lowest BCUT2D eigenvalue weighted by molar-refractivity contribution is 0.379. The van der Waals surface area contributed by atoms with Gasteiger partial charge in [0.25, 0.3) is 0 Å². The predicted octanol–water partition coefficient (Wildman–Crippen LogP) is 2.63. The number of rotatable bonds is 0. The van der Waals surface area contributed by atoms with E-state index >= 15 is 0 Å². The first-order valence-corrected chi connectivity index (χ1v) is 5.12. The summed E-state index contributed by atoms with van der Waals surface area (Å²) in [6, 6.07) is 2.34. The van der Waals surface area contributed by atoms with Crippen LogP contribution in [-0.4, -0.2) is 6.54 Å². The lowest BCUT2D eigenvalue weighted by atomic mass is 9.92. The Bertz CT molecular complexity index is 354. The van der Waals surface area contributed by atoms with Gasteiger partial charge in [0.1, 0.15) is 5.76 Å². The van der Waals surface area contributed by atoms with E-state index in [2.05, 4.69) is 12.2 Å². The van der Waals surface area contributed by atoms with E-state index in [1.54, 1.807) is 0 Å². The van der Waals surface area contributed by atoms with Crippen molar-refractivity contribution in [3.63, 3.8) is 0 Å². The van der Waals surface area contributed by atoms with Crippen molar-refractivity contribution in [2.24, 2.45) is 0 Å². The smallest absolute Gasteiger partial charge is 0.193 e. The maximum atomic E-state index is 5.88. The Kier molecular flexibility index (Phi) is 1.40. The van der Waals surface area contributed by atoms with Gasteiger partial charge in [0.05, 0.1) is 0 Å². The van der Waals surface area contributed by atoms with Crippen molar-refractivity contribution in [1.82, 2.24) is 5.32 Å². The molecule has 3 rings (SSSR count). The molecular formula is C10H12ClNO. The van der Waals surface area contributed by atoms with Gasteiger partial charge in [0.2, 0.25) is 0 Å². The molecule has 1 unspecified atom stereocenters. The first-order valence-electron chi connectivity index (χ1n) is 4.74. The number of hydrogen-bond donors (Lipinski definition) is 1. The second-order valence-corrected chi connectivity index (χ2v) is 4.59. The maximum Gasteiger partial charge on any atom is 0.193 e. The summed E-state index contributed by atoms with van der Waals surface area (Å²) >= 11 is 5.88. The van der Waals surface area contributed by atoms with E-state index in [9.17, 15) is 0 Å². The average Bonchev–Trinajstić information content (AvgIpc) is 2.76. The lowest BCUT2D eigenvalue weighted by Gasteiger charge is -2.26. The van der Waals surface area contributed by atoms with Crippen LogP contribution in [0.4, 0.5) is 0 Å². The van der Waals surface area contributed by atoms with E-state index in [1.807, 2.05) is 6.07 Å². The first-order chi connectivity index (χ1) is 6.21. The van der Waals surface area contributed by atoms with Crippen molar-refractivity contribution in [2.45, 2.75) is 31.2 Å². The van der Waals surface area contributed by atoms with Gasteiger partial charge in [-0.25, -0.2) is 0 Å². The highest BCUT2D eigenvalue weighted by Gasteiger charge is 2.51. The summed E-state index contributed by atoms with van der Waals surface area (Å²) in [6.45, 7) is 3.20. The number of nitrogens with one attached hydrogen (secondary N) is 1. The van der Waals surface area contributed by atoms with Crippen LogP contribution in [0.3, 0.4) is 0 Å². The van der Waals surface area contributed by atoms with Gasteiger partial charge in [0, 0.05) is 29.6 Å². The zero-order valence-corrected chi connectivity index (χ0v) is 8.32. The first kappa shape index (κ1) is 7.89. The van der Waals surface area contributed by atoms with E-state index < -0.39 is 0 Å². The van der Waals surface area contributed by atoms with Crippen molar-refractivity contribution < 1.29 is 4.42 Å². The minimum Gasteiger partial charge on any atom is -0.449 e. The van der Waals surface area contributed by atoms with E-state index in [4.69, 9.17) is 16.0 Å². The molecule has 13 heavy (non-hydrogen) atoms. The highest BCUT2D eigenvalue weighted by atomic mass is 35.5. The van der Waals surface area contributed by atoms with Crippen LogP contribution in [0, 0.1) is 0 Å². The van der Waals surface area contributed by atoms with Crippen molar-refractivity contribution in [3.8, 4) is 0 Å². The second-order valence-electron chi connectivity index (χ2n) is 4.22. The van der Waals surface area contributed by atoms with E-state index in [-0.39, 0.29) is 0 Å². The molecule has 0 radical (unpaired) electrons. The Labute approximate surface area is 82.3 Å². The van der Waals surface area contributed by atoms with Crippen molar-refractivity contribution in [2.75, 3.05) is 6.54 Å². The van der Waals surface area contributed by atoms with Gasteiger partial charge in [-0.2, -0.15) is 0 Å². The molecule has 1 atom stereocenters. The number of halogens is 1. The molecule has 1 aliphatic carbocycles. The van der Waals surface area contributed by atoms with Crippen LogP contribution < -0.4 is 5.32 Å². The summed E-state index contributed by atoms with van der Waals surface area (Å²) in [4.78, 5) is 0. The molecule has 70 valence electrons. The molecule has 1 N–H and O–H groups in total. The molecule has 1 aliphatic heterocycles. The monoisotopic (exact) mass is 197 g/mol. The van der Waals surface area contributed by atoms with Crippen molar-refractivity contribution >= 4 is 11.6 Å². The van der Waals surface area contributed by atoms with Gasteiger partial charge < -0.3 is 9.73 Å². The summed E-state index contributed by atoms with van der Waals surface area (Å²) < 4.78 is 5.58. The molecule has 1 saturated carbocycles. The fourth-order valence-corrected chi connectivity index (χ4v) is 2.40. The Morgan fingerprint density at radius 1 is 1.62 bits per heavy atom. The largest absolute Gasteiger partial charge is 0.449 e. The van der Waals surface area contributed by atoms with Gasteiger partial charge >= 0.3 is 0 Å². The van der Waals surface area contributed by atoms with E-state index in [0.717, 1.165) is 12.3 Å². The summed E-state index contributed by atoms with van der Waals surface area (Å²) in [5.41, 5.74) is 1.56. The number of fused-ring (bicyclic) bond motifs is 2. The molecular weight excluding hydrogens is 186 g/mol. The summed E-state index contributed by atoms with van der Waals surface area (Å²) in [7, 11) is 0. The fraction of sp³-hybridized carbons (Fsp3) is 0.600. The van der Waals surface area contributed by atoms with Crippen LogP contribution in [0.5, 0.6) is 0 Å². The highest BCUT2D eigenvalue weighted by Crippen LogP contribution is 2.53. The third-order valence-corrected chi connectivity index (χ3v) is 3.47. The highest BCUT2D eigenvalue weighted by molar-refractivity contribution is 6.29. The van der Waals surface area contributed by atoms with Crippen molar-refractivity contribution in [1.29, 1.82) is 0 Å². The number of furan rings is 1. The molecule has 1 aromatic heterocycles. The summed E-state index contributed by atoms with van der Waals surface area (Å²) in [6.07, 6.45) is 2.48. The molecule has 1 spiro atoms. The lowest BCUT2D eigenvalue weighted by Crippen LogP contribution is -2.35. The third-order valence-electron chi connectivity index (χ3n) is 3.28.